The number of rotatable bonds is 3. The monoisotopic (exact) mass is 389 g/mol. The molecule has 4 rings (SSSR count). The van der Waals surface area contributed by atoms with E-state index in [1.54, 1.807) is 18.3 Å². The molecule has 2 aromatic heterocycles. The van der Waals surface area contributed by atoms with Crippen LogP contribution in [0, 0.1) is 5.82 Å². The minimum atomic E-state index is -0.853. The zero-order valence-electron chi connectivity index (χ0n) is 14.6. The van der Waals surface area contributed by atoms with Gasteiger partial charge in [-0.15, -0.1) is 0 Å². The van der Waals surface area contributed by atoms with E-state index < -0.39 is 11.2 Å². The zero-order chi connectivity index (χ0) is 19.0. The van der Waals surface area contributed by atoms with Crippen LogP contribution in [-0.2, 0) is 14.9 Å². The third-order valence-electron chi connectivity index (χ3n) is 5.00. The number of nitrogens with zero attached hydrogens (tertiary/aromatic N) is 3. The second-order valence-electron chi connectivity index (χ2n) is 6.45. The average Bonchev–Trinajstić information content (AvgIpc) is 3.13. The van der Waals surface area contributed by atoms with Crippen LogP contribution in [0.1, 0.15) is 18.5 Å². The molecule has 9 heteroatoms. The minimum absolute atomic E-state index is 0.00702. The second kappa shape index (κ2) is 6.86. The molecule has 0 amide bonds. The Labute approximate surface area is 159 Å². The third-order valence-corrected chi connectivity index (χ3v) is 5.29. The summed E-state index contributed by atoms with van der Waals surface area (Å²) in [6, 6.07) is 4.69. The van der Waals surface area contributed by atoms with E-state index in [0.29, 0.717) is 48.5 Å². The summed E-state index contributed by atoms with van der Waals surface area (Å²) in [6.45, 7) is 1.35. The molecule has 0 radical (unpaired) electrons. The number of carbonyl (C=O) groups excluding carboxylic acids is 1. The van der Waals surface area contributed by atoms with Crippen LogP contribution in [0.25, 0.3) is 22.4 Å². The maximum absolute atomic E-state index is 14.4. The number of methoxy groups -OCH3 is 1. The fraction of sp³-hybridized carbons (Fsp3) is 0.333. The highest BCUT2D eigenvalue weighted by Gasteiger charge is 2.44. The predicted molar refractivity (Wildman–Crippen MR) is 97.9 cm³/mol. The minimum Gasteiger partial charge on any atom is -0.468 e. The molecule has 7 nitrogen and oxygen atoms in total. The Kier molecular flexibility index (Phi) is 4.53. The molecule has 0 aliphatic carbocycles. The van der Waals surface area contributed by atoms with E-state index in [1.807, 2.05) is 0 Å². The molecule has 3 aromatic rings. The quantitative estimate of drug-likeness (QED) is 0.669. The van der Waals surface area contributed by atoms with Gasteiger partial charge < -0.3 is 10.1 Å². The molecule has 1 aliphatic rings. The van der Waals surface area contributed by atoms with Crippen molar-refractivity contribution >= 4 is 28.7 Å². The van der Waals surface area contributed by atoms with Crippen molar-refractivity contribution in [3.8, 4) is 11.3 Å². The van der Waals surface area contributed by atoms with Gasteiger partial charge in [-0.2, -0.15) is 5.10 Å². The lowest BCUT2D eigenvalue weighted by atomic mass is 9.76. The number of H-pyrrole nitrogens is 1. The maximum atomic E-state index is 14.4. The summed E-state index contributed by atoms with van der Waals surface area (Å²) < 4.78 is 19.4. The number of hydrogen-bond acceptors (Lipinski definition) is 6. The third kappa shape index (κ3) is 2.85. The van der Waals surface area contributed by atoms with Crippen LogP contribution in [0.3, 0.4) is 0 Å². The first kappa shape index (κ1) is 17.8. The van der Waals surface area contributed by atoms with Gasteiger partial charge in [0.1, 0.15) is 16.6 Å². The topological polar surface area (TPSA) is 92.8 Å². The highest BCUT2D eigenvalue weighted by molar-refractivity contribution is 6.31. The van der Waals surface area contributed by atoms with Crippen LogP contribution in [0.2, 0.25) is 5.02 Å². The van der Waals surface area contributed by atoms with Gasteiger partial charge in [0.25, 0.3) is 0 Å². The van der Waals surface area contributed by atoms with Crippen LogP contribution in [0.5, 0.6) is 0 Å². The molecular formula is C18H17ClFN5O2. The van der Waals surface area contributed by atoms with E-state index in [1.165, 1.54) is 13.2 Å². The molecule has 0 bridgehead atoms. The van der Waals surface area contributed by atoms with Crippen molar-refractivity contribution in [2.75, 3.05) is 20.2 Å². The summed E-state index contributed by atoms with van der Waals surface area (Å²) in [4.78, 5) is 21.5. The SMILES string of the molecule is COC(=O)C1(c2cnc3c(-c4cccc(Cl)c4F)n[nH]c3n2)CCNCC1. The van der Waals surface area contributed by atoms with Gasteiger partial charge in [0, 0.05) is 5.56 Å². The average molecular weight is 390 g/mol. The smallest absolute Gasteiger partial charge is 0.318 e. The van der Waals surface area contributed by atoms with Crippen LogP contribution in [0.4, 0.5) is 4.39 Å². The van der Waals surface area contributed by atoms with E-state index >= 15 is 0 Å². The summed E-state index contributed by atoms with van der Waals surface area (Å²) >= 11 is 5.87. The fourth-order valence-electron chi connectivity index (χ4n) is 3.52. The Bertz CT molecular complexity index is 1020. The Balaban J connectivity index is 1.82. The Morgan fingerprint density at radius 2 is 2.11 bits per heavy atom. The highest BCUT2D eigenvalue weighted by Crippen LogP contribution is 2.35. The number of carbonyl (C=O) groups is 1. The normalized spacial score (nSPS) is 16.4. The number of ether oxygens (including phenoxy) is 1. The number of hydrogen-bond donors (Lipinski definition) is 2. The fourth-order valence-corrected chi connectivity index (χ4v) is 3.70. The molecular weight excluding hydrogens is 373 g/mol. The summed E-state index contributed by atoms with van der Waals surface area (Å²) in [5.41, 5.74) is 1.01. The van der Waals surface area contributed by atoms with Crippen LogP contribution in [0.15, 0.2) is 24.4 Å². The van der Waals surface area contributed by atoms with Crippen molar-refractivity contribution in [1.82, 2.24) is 25.5 Å². The Morgan fingerprint density at radius 3 is 2.85 bits per heavy atom. The number of aromatic amines is 1. The van der Waals surface area contributed by atoms with E-state index in [4.69, 9.17) is 16.3 Å². The van der Waals surface area contributed by atoms with Crippen LogP contribution >= 0.6 is 11.6 Å². The van der Waals surface area contributed by atoms with Gasteiger partial charge in [-0.05, 0) is 38.1 Å². The number of esters is 1. The largest absolute Gasteiger partial charge is 0.468 e. The molecule has 0 atom stereocenters. The Hall–Kier alpha value is -2.58. The maximum Gasteiger partial charge on any atom is 0.318 e. The Morgan fingerprint density at radius 1 is 1.33 bits per heavy atom. The molecule has 1 aromatic carbocycles. The molecule has 27 heavy (non-hydrogen) atoms. The van der Waals surface area contributed by atoms with Crippen molar-refractivity contribution in [1.29, 1.82) is 0 Å². The number of piperidine rings is 1. The van der Waals surface area contributed by atoms with Gasteiger partial charge in [0.15, 0.2) is 11.5 Å². The van der Waals surface area contributed by atoms with Gasteiger partial charge in [-0.3, -0.25) is 9.89 Å². The molecule has 140 valence electrons. The summed E-state index contributed by atoms with van der Waals surface area (Å²) in [7, 11) is 1.37. The number of benzene rings is 1. The molecule has 0 saturated carbocycles. The molecule has 0 unspecified atom stereocenters. The lowest BCUT2D eigenvalue weighted by molar-refractivity contribution is -0.149. The first-order valence-electron chi connectivity index (χ1n) is 8.52. The van der Waals surface area contributed by atoms with E-state index in [9.17, 15) is 9.18 Å². The summed E-state index contributed by atoms with van der Waals surface area (Å²) in [6.07, 6.45) is 2.67. The molecule has 0 spiro atoms. The summed E-state index contributed by atoms with van der Waals surface area (Å²) in [5, 5.41) is 10.2. The van der Waals surface area contributed by atoms with Gasteiger partial charge in [0.2, 0.25) is 0 Å². The summed E-state index contributed by atoms with van der Waals surface area (Å²) in [5.74, 6) is -0.902. The molecule has 3 heterocycles. The van der Waals surface area contributed by atoms with E-state index in [-0.39, 0.29) is 16.6 Å². The number of halogens is 2. The molecule has 1 fully saturated rings. The second-order valence-corrected chi connectivity index (χ2v) is 6.86. The van der Waals surface area contributed by atoms with Crippen molar-refractivity contribution in [3.63, 3.8) is 0 Å². The number of fused-ring (bicyclic) bond motifs is 1. The van der Waals surface area contributed by atoms with E-state index in [2.05, 4.69) is 25.5 Å². The first-order valence-corrected chi connectivity index (χ1v) is 8.90. The lowest BCUT2D eigenvalue weighted by Gasteiger charge is -2.33. The van der Waals surface area contributed by atoms with Crippen LogP contribution < -0.4 is 5.32 Å². The first-order chi connectivity index (χ1) is 13.1. The zero-order valence-corrected chi connectivity index (χ0v) is 15.3. The van der Waals surface area contributed by atoms with E-state index in [0.717, 1.165) is 0 Å². The van der Waals surface area contributed by atoms with Gasteiger partial charge in [0.05, 0.1) is 24.0 Å². The standard InChI is InChI=1S/C18H17ClFN5O2/c1-27-17(26)18(5-7-21-8-6-18)12-9-22-15-14(24-25-16(15)23-12)10-3-2-4-11(19)13(10)20/h2-4,9,21H,5-8H2,1H3,(H,23,24,25). The van der Waals surface area contributed by atoms with Gasteiger partial charge in [-0.1, -0.05) is 17.7 Å². The molecule has 1 saturated heterocycles. The van der Waals surface area contributed by atoms with Gasteiger partial charge >= 0.3 is 5.97 Å². The number of nitrogens with one attached hydrogen (secondary N) is 2. The van der Waals surface area contributed by atoms with Crippen molar-refractivity contribution in [2.24, 2.45) is 0 Å². The molecule has 1 aliphatic heterocycles. The van der Waals surface area contributed by atoms with Crippen molar-refractivity contribution in [3.05, 3.63) is 40.9 Å². The number of aromatic nitrogens is 4. The van der Waals surface area contributed by atoms with Crippen LogP contribution in [-0.4, -0.2) is 46.3 Å². The van der Waals surface area contributed by atoms with Crippen molar-refractivity contribution in [2.45, 2.75) is 18.3 Å². The predicted octanol–water partition coefficient (Wildman–Crippen LogP) is 2.61. The lowest BCUT2D eigenvalue weighted by Crippen LogP contribution is -2.46. The van der Waals surface area contributed by atoms with Crippen molar-refractivity contribution < 1.29 is 13.9 Å². The highest BCUT2D eigenvalue weighted by atomic mass is 35.5. The van der Waals surface area contributed by atoms with Gasteiger partial charge in [-0.25, -0.2) is 14.4 Å². The molecule has 2 N–H and O–H groups in total.